The highest BCUT2D eigenvalue weighted by Gasteiger charge is 2.33. The number of nitrogens with zero attached hydrogens (tertiary/aromatic N) is 3. The second-order valence-electron chi connectivity index (χ2n) is 6.09. The average molecular weight is 360 g/mol. The summed E-state index contributed by atoms with van der Waals surface area (Å²) in [6.45, 7) is 0. The zero-order valence-corrected chi connectivity index (χ0v) is 13.6. The molecule has 3 rings (SSSR count). The third-order valence-electron chi connectivity index (χ3n) is 4.10. The number of carbonyl (C=O) groups excluding carboxylic acids is 1. The highest BCUT2D eigenvalue weighted by molar-refractivity contribution is 5.75. The fourth-order valence-electron chi connectivity index (χ4n) is 2.62. The minimum Gasteiger partial charge on any atom is -0.481 e. The van der Waals surface area contributed by atoms with Crippen LogP contribution in [0.4, 0.5) is 15.0 Å². The van der Waals surface area contributed by atoms with Crippen LogP contribution in [0.1, 0.15) is 19.3 Å². The van der Waals surface area contributed by atoms with Gasteiger partial charge in [0.2, 0.25) is 0 Å². The summed E-state index contributed by atoms with van der Waals surface area (Å²) >= 11 is 0. The molecule has 2 heterocycles. The number of hydrogen-bond donors (Lipinski definition) is 4. The van der Waals surface area contributed by atoms with Gasteiger partial charge in [-0.15, -0.1) is 0 Å². The molecule has 2 aromatic rings. The summed E-state index contributed by atoms with van der Waals surface area (Å²) in [7, 11) is 0. The molecule has 1 aliphatic carbocycles. The van der Waals surface area contributed by atoms with Crippen molar-refractivity contribution in [3.63, 3.8) is 0 Å². The third-order valence-corrected chi connectivity index (χ3v) is 4.10. The van der Waals surface area contributed by atoms with E-state index in [0.29, 0.717) is 5.56 Å². The number of halogens is 1. The number of aromatic nitrogens is 3. The number of amides is 1. The minimum atomic E-state index is -0.974. The van der Waals surface area contributed by atoms with Gasteiger partial charge < -0.3 is 16.2 Å². The van der Waals surface area contributed by atoms with E-state index in [9.17, 15) is 14.0 Å². The van der Waals surface area contributed by atoms with Gasteiger partial charge in [0.1, 0.15) is 5.49 Å². The minimum absolute atomic E-state index is 0.103. The van der Waals surface area contributed by atoms with Gasteiger partial charge in [-0.05, 0) is 30.9 Å². The Kier molecular flexibility index (Phi) is 4.65. The highest BCUT2D eigenvalue weighted by Crippen LogP contribution is 2.36. The molecular weight excluding hydrogens is 343 g/mol. The summed E-state index contributed by atoms with van der Waals surface area (Å²) in [6.07, 6.45) is 3.89. The number of anilines is 1. The van der Waals surface area contributed by atoms with Gasteiger partial charge in [0, 0.05) is 17.8 Å². The number of aliphatic carboxylic acids is 1. The van der Waals surface area contributed by atoms with E-state index in [1.165, 1.54) is 18.3 Å². The van der Waals surface area contributed by atoms with Crippen LogP contribution >= 0.6 is 0 Å². The second-order valence-corrected chi connectivity index (χ2v) is 6.09. The van der Waals surface area contributed by atoms with E-state index >= 15 is 0 Å². The van der Waals surface area contributed by atoms with Gasteiger partial charge in [0.05, 0.1) is 12.6 Å². The van der Waals surface area contributed by atoms with Crippen LogP contribution < -0.4 is 16.5 Å². The first-order valence-corrected chi connectivity index (χ1v) is 7.93. The van der Waals surface area contributed by atoms with Crippen LogP contribution in [0.25, 0.3) is 11.4 Å². The molecule has 0 aromatic carbocycles. The van der Waals surface area contributed by atoms with Crippen molar-refractivity contribution < 1.29 is 19.1 Å². The summed E-state index contributed by atoms with van der Waals surface area (Å²) < 4.78 is 15.0. The van der Waals surface area contributed by atoms with Crippen LogP contribution in [-0.2, 0) is 4.79 Å². The molecule has 1 amide bonds. The van der Waals surface area contributed by atoms with Crippen LogP contribution in [0, 0.1) is 17.1 Å². The van der Waals surface area contributed by atoms with Crippen LogP contribution in [0.5, 0.6) is 0 Å². The van der Waals surface area contributed by atoms with Gasteiger partial charge in [0.25, 0.3) is 0 Å². The number of nitrogens with two attached hydrogens (primary N) is 1. The molecule has 10 heteroatoms. The molecule has 0 aliphatic heterocycles. The van der Waals surface area contributed by atoms with E-state index in [4.69, 9.17) is 16.2 Å². The summed E-state index contributed by atoms with van der Waals surface area (Å²) in [5.41, 5.74) is 5.45. The monoisotopic (exact) mass is 360 g/mol. The Labute approximate surface area is 147 Å². The van der Waals surface area contributed by atoms with Crippen molar-refractivity contribution in [2.45, 2.75) is 25.3 Å². The SMILES string of the molecule is N=c1ccc(-c2ncc(F)c(NC(CC(=O)O)C3CC3)n2)cn1C(N)=O. The predicted molar refractivity (Wildman–Crippen MR) is 88.6 cm³/mol. The maximum atomic E-state index is 14.1. The van der Waals surface area contributed by atoms with E-state index in [1.807, 2.05) is 0 Å². The molecule has 1 saturated carbocycles. The van der Waals surface area contributed by atoms with Gasteiger partial charge in [-0.3, -0.25) is 14.8 Å². The first-order valence-electron chi connectivity index (χ1n) is 7.93. The standard InChI is InChI=1S/C16H17FN6O3/c17-10-6-20-14(9-3-4-12(18)23(7-9)16(19)26)22-15(10)21-11(5-13(24)25)8-1-2-8/h3-4,6-8,11,18H,1-2,5H2,(H2,19,26)(H,24,25)(H,20,21,22). The molecule has 9 nitrogen and oxygen atoms in total. The van der Waals surface area contributed by atoms with Crippen LogP contribution in [0.3, 0.4) is 0 Å². The number of carbonyl (C=O) groups is 2. The number of hydrogen-bond acceptors (Lipinski definition) is 6. The largest absolute Gasteiger partial charge is 0.481 e. The fraction of sp³-hybridized carbons (Fsp3) is 0.312. The average Bonchev–Trinajstić information content (AvgIpc) is 3.41. The van der Waals surface area contributed by atoms with E-state index in [0.717, 1.165) is 23.6 Å². The Morgan fingerprint density at radius 3 is 2.81 bits per heavy atom. The molecular formula is C16H17FN6O3. The summed E-state index contributed by atoms with van der Waals surface area (Å²) in [5, 5.41) is 19.5. The van der Waals surface area contributed by atoms with Crippen LogP contribution in [0.2, 0.25) is 0 Å². The second kappa shape index (κ2) is 6.90. The lowest BCUT2D eigenvalue weighted by Crippen LogP contribution is -2.30. The van der Waals surface area contributed by atoms with Crippen molar-refractivity contribution in [3.05, 3.63) is 35.8 Å². The Morgan fingerprint density at radius 2 is 2.19 bits per heavy atom. The van der Waals surface area contributed by atoms with Crippen molar-refractivity contribution in [3.8, 4) is 11.4 Å². The van der Waals surface area contributed by atoms with Gasteiger partial charge in [-0.1, -0.05) is 0 Å². The molecule has 0 bridgehead atoms. The molecule has 0 radical (unpaired) electrons. The lowest BCUT2D eigenvalue weighted by Gasteiger charge is -2.17. The summed E-state index contributed by atoms with van der Waals surface area (Å²) in [6, 6.07) is 1.59. The zero-order valence-electron chi connectivity index (χ0n) is 13.6. The molecule has 0 saturated heterocycles. The molecule has 1 fully saturated rings. The molecule has 1 aliphatic rings. The van der Waals surface area contributed by atoms with Crippen LogP contribution in [-0.4, -0.2) is 37.7 Å². The van der Waals surface area contributed by atoms with Crippen molar-refractivity contribution >= 4 is 17.8 Å². The number of nitrogens with one attached hydrogen (secondary N) is 2. The van der Waals surface area contributed by atoms with Gasteiger partial charge in [-0.2, -0.15) is 0 Å². The quantitative estimate of drug-likeness (QED) is 0.608. The van der Waals surface area contributed by atoms with Gasteiger partial charge in [-0.25, -0.2) is 19.2 Å². The summed E-state index contributed by atoms with van der Waals surface area (Å²) in [4.78, 5) is 30.4. The smallest absolute Gasteiger partial charge is 0.324 e. The first kappa shape index (κ1) is 17.5. The van der Waals surface area contributed by atoms with E-state index < -0.39 is 23.9 Å². The molecule has 1 atom stereocenters. The Balaban J connectivity index is 1.92. The fourth-order valence-corrected chi connectivity index (χ4v) is 2.62. The molecule has 2 aromatic heterocycles. The van der Waals surface area contributed by atoms with E-state index in [-0.39, 0.29) is 29.5 Å². The van der Waals surface area contributed by atoms with Crippen molar-refractivity contribution in [1.29, 1.82) is 5.41 Å². The lowest BCUT2D eigenvalue weighted by molar-refractivity contribution is -0.137. The topological polar surface area (TPSA) is 147 Å². The van der Waals surface area contributed by atoms with Crippen LogP contribution in [0.15, 0.2) is 24.5 Å². The number of carboxylic acids is 1. The highest BCUT2D eigenvalue weighted by atomic mass is 19.1. The normalized spacial score (nSPS) is 14.7. The van der Waals surface area contributed by atoms with Gasteiger partial charge in [0.15, 0.2) is 17.5 Å². The molecule has 136 valence electrons. The van der Waals surface area contributed by atoms with E-state index in [1.54, 1.807) is 0 Å². The molecule has 1 unspecified atom stereocenters. The Bertz CT molecular complexity index is 924. The molecule has 0 spiro atoms. The maximum absolute atomic E-state index is 14.1. The van der Waals surface area contributed by atoms with Crippen molar-refractivity contribution in [2.75, 3.05) is 5.32 Å². The first-order chi connectivity index (χ1) is 12.3. The van der Waals surface area contributed by atoms with Gasteiger partial charge >= 0.3 is 12.0 Å². The van der Waals surface area contributed by atoms with Crippen molar-refractivity contribution in [2.24, 2.45) is 11.7 Å². The Morgan fingerprint density at radius 1 is 1.46 bits per heavy atom. The summed E-state index contributed by atoms with van der Waals surface area (Å²) in [5.74, 6) is -1.49. The molecule has 26 heavy (non-hydrogen) atoms. The zero-order chi connectivity index (χ0) is 18.8. The Hall–Kier alpha value is -3.30. The lowest BCUT2D eigenvalue weighted by atomic mass is 10.1. The maximum Gasteiger partial charge on any atom is 0.324 e. The number of carboxylic acid groups (broad SMARTS) is 1. The number of rotatable bonds is 6. The molecule has 5 N–H and O–H groups in total. The number of pyridine rings is 1. The number of primary amides is 1. The predicted octanol–water partition coefficient (Wildman–Crippen LogP) is 1.16. The van der Waals surface area contributed by atoms with Crippen molar-refractivity contribution in [1.82, 2.24) is 14.5 Å². The van der Waals surface area contributed by atoms with E-state index in [2.05, 4.69) is 15.3 Å². The third kappa shape index (κ3) is 3.85.